The molecule has 6 heteroatoms. The van der Waals surface area contributed by atoms with Crippen LogP contribution in [0.2, 0.25) is 0 Å². The van der Waals surface area contributed by atoms with Gasteiger partial charge in [0.25, 0.3) is 0 Å². The van der Waals surface area contributed by atoms with Gasteiger partial charge in [-0.2, -0.15) is 0 Å². The molecule has 4 rings (SSSR count). The Morgan fingerprint density at radius 2 is 1.96 bits per heavy atom. The zero-order valence-electron chi connectivity index (χ0n) is 16.7. The van der Waals surface area contributed by atoms with E-state index < -0.39 is 6.10 Å². The van der Waals surface area contributed by atoms with Crippen molar-refractivity contribution in [1.82, 2.24) is 0 Å². The van der Waals surface area contributed by atoms with E-state index >= 15 is 0 Å². The van der Waals surface area contributed by atoms with Crippen molar-refractivity contribution in [2.75, 3.05) is 34.6 Å². The Balaban J connectivity index is 1.58. The van der Waals surface area contributed by atoms with Gasteiger partial charge in [0, 0.05) is 12.8 Å². The van der Waals surface area contributed by atoms with E-state index in [-0.39, 0.29) is 12.8 Å². The standard InChI is InChI=1S/C22H27NO5/c1-23-9-8-15-11-19-21(28-13-27-19)22(26-3)20(15)18(23)12-16(24)10-14-4-6-17(25-2)7-5-14/h4-7,11,16,18,24H,8-10,12-13H2,1-3H3/p+1/t16-,18+/m1/s1. The number of quaternary nitrogens is 1. The zero-order valence-corrected chi connectivity index (χ0v) is 16.7. The quantitative estimate of drug-likeness (QED) is 0.789. The third kappa shape index (κ3) is 3.50. The summed E-state index contributed by atoms with van der Waals surface area (Å²) in [4.78, 5) is 1.37. The highest BCUT2D eigenvalue weighted by Gasteiger charge is 2.37. The van der Waals surface area contributed by atoms with E-state index in [9.17, 15) is 5.11 Å². The number of benzene rings is 2. The lowest BCUT2D eigenvalue weighted by molar-refractivity contribution is -0.915. The van der Waals surface area contributed by atoms with Crippen LogP contribution in [-0.2, 0) is 12.8 Å². The van der Waals surface area contributed by atoms with Crippen molar-refractivity contribution in [3.63, 3.8) is 0 Å². The van der Waals surface area contributed by atoms with Gasteiger partial charge in [0.2, 0.25) is 12.5 Å². The van der Waals surface area contributed by atoms with Crippen LogP contribution >= 0.6 is 0 Å². The molecule has 0 bridgehead atoms. The van der Waals surface area contributed by atoms with Crippen molar-refractivity contribution in [1.29, 1.82) is 0 Å². The van der Waals surface area contributed by atoms with Crippen LogP contribution in [0.4, 0.5) is 0 Å². The van der Waals surface area contributed by atoms with Crippen molar-refractivity contribution in [3.05, 3.63) is 47.0 Å². The molecule has 0 saturated carbocycles. The highest BCUT2D eigenvalue weighted by Crippen LogP contribution is 2.48. The predicted molar refractivity (Wildman–Crippen MR) is 105 cm³/mol. The summed E-state index contributed by atoms with van der Waals surface area (Å²) in [6.45, 7) is 1.23. The first kappa shape index (κ1) is 18.9. The largest absolute Gasteiger partial charge is 0.497 e. The first-order valence-electron chi connectivity index (χ1n) is 9.73. The number of aliphatic hydroxyl groups excluding tert-OH is 1. The minimum Gasteiger partial charge on any atom is -0.497 e. The molecule has 28 heavy (non-hydrogen) atoms. The molecule has 150 valence electrons. The summed E-state index contributed by atoms with van der Waals surface area (Å²) >= 11 is 0. The molecule has 2 heterocycles. The fourth-order valence-electron chi connectivity index (χ4n) is 4.33. The lowest BCUT2D eigenvalue weighted by Gasteiger charge is -2.34. The Hall–Kier alpha value is -2.44. The number of hydrogen-bond donors (Lipinski definition) is 2. The third-order valence-electron chi connectivity index (χ3n) is 5.82. The van der Waals surface area contributed by atoms with Gasteiger partial charge in [0.05, 0.1) is 39.5 Å². The van der Waals surface area contributed by atoms with Crippen molar-refractivity contribution in [2.24, 2.45) is 0 Å². The number of methoxy groups -OCH3 is 2. The van der Waals surface area contributed by atoms with Gasteiger partial charge >= 0.3 is 0 Å². The van der Waals surface area contributed by atoms with Crippen LogP contribution in [0.25, 0.3) is 0 Å². The molecule has 0 fully saturated rings. The van der Waals surface area contributed by atoms with E-state index in [0.717, 1.165) is 41.3 Å². The van der Waals surface area contributed by atoms with Crippen LogP contribution in [-0.4, -0.2) is 45.8 Å². The van der Waals surface area contributed by atoms with Gasteiger partial charge in [-0.25, -0.2) is 0 Å². The van der Waals surface area contributed by atoms with Gasteiger partial charge in [-0.05, 0) is 35.7 Å². The van der Waals surface area contributed by atoms with Gasteiger partial charge in [0.15, 0.2) is 11.5 Å². The molecule has 2 aromatic rings. The van der Waals surface area contributed by atoms with Crippen LogP contribution in [0.15, 0.2) is 30.3 Å². The number of likely N-dealkylation sites (N-methyl/N-ethyl adjacent to an activating group) is 1. The Labute approximate surface area is 165 Å². The average Bonchev–Trinajstić information content (AvgIpc) is 3.17. The molecule has 0 aromatic heterocycles. The molecule has 0 aliphatic carbocycles. The number of hydrogen-bond acceptors (Lipinski definition) is 5. The summed E-state index contributed by atoms with van der Waals surface area (Å²) < 4.78 is 22.2. The van der Waals surface area contributed by atoms with Crippen molar-refractivity contribution >= 4 is 0 Å². The second-order valence-electron chi connectivity index (χ2n) is 7.56. The number of aliphatic hydroxyl groups is 1. The summed E-state index contributed by atoms with van der Waals surface area (Å²) in [5.74, 6) is 3.02. The number of fused-ring (bicyclic) bond motifs is 2. The van der Waals surface area contributed by atoms with E-state index in [1.807, 2.05) is 24.3 Å². The molecule has 2 aliphatic rings. The van der Waals surface area contributed by atoms with Crippen LogP contribution < -0.4 is 23.8 Å². The predicted octanol–water partition coefficient (Wildman–Crippen LogP) is 1.54. The summed E-state index contributed by atoms with van der Waals surface area (Å²) in [7, 11) is 5.51. The maximum atomic E-state index is 10.8. The van der Waals surface area contributed by atoms with Crippen molar-refractivity contribution < 1.29 is 29.0 Å². The first-order valence-corrected chi connectivity index (χ1v) is 9.73. The normalized spacial score (nSPS) is 21.1. The van der Waals surface area contributed by atoms with Gasteiger partial charge in [-0.15, -0.1) is 0 Å². The monoisotopic (exact) mass is 386 g/mol. The fraction of sp³-hybridized carbons (Fsp3) is 0.455. The average molecular weight is 386 g/mol. The van der Waals surface area contributed by atoms with Gasteiger partial charge in [-0.1, -0.05) is 12.1 Å². The molecule has 0 saturated heterocycles. The molecule has 0 amide bonds. The molecule has 2 aromatic carbocycles. The third-order valence-corrected chi connectivity index (χ3v) is 5.82. The highest BCUT2D eigenvalue weighted by molar-refractivity contribution is 5.61. The minimum atomic E-state index is -0.450. The topological polar surface area (TPSA) is 61.6 Å². The minimum absolute atomic E-state index is 0.140. The molecule has 0 radical (unpaired) electrons. The smallest absolute Gasteiger partial charge is 0.231 e. The second-order valence-corrected chi connectivity index (χ2v) is 7.56. The zero-order chi connectivity index (χ0) is 19.7. The molecule has 3 atom stereocenters. The molecule has 2 N–H and O–H groups in total. The van der Waals surface area contributed by atoms with Crippen LogP contribution in [0, 0.1) is 0 Å². The Morgan fingerprint density at radius 1 is 1.18 bits per heavy atom. The Morgan fingerprint density at radius 3 is 2.68 bits per heavy atom. The SMILES string of the molecule is COc1ccc(C[C@@H](O)C[C@H]2c3c(cc4c(c3OC)OCO4)CC[NH+]2C)cc1. The van der Waals surface area contributed by atoms with Crippen LogP contribution in [0.3, 0.4) is 0 Å². The van der Waals surface area contributed by atoms with E-state index in [4.69, 9.17) is 18.9 Å². The summed E-state index contributed by atoms with van der Waals surface area (Å²) in [6.07, 6.45) is 1.77. The Kier molecular flexibility index (Phi) is 5.33. The summed E-state index contributed by atoms with van der Waals surface area (Å²) in [6, 6.07) is 10.1. The van der Waals surface area contributed by atoms with Crippen molar-refractivity contribution in [3.8, 4) is 23.0 Å². The number of ether oxygens (including phenoxy) is 4. The van der Waals surface area contributed by atoms with Gasteiger partial charge in [0.1, 0.15) is 11.8 Å². The summed E-state index contributed by atoms with van der Waals surface area (Å²) in [5.41, 5.74) is 3.47. The molecule has 0 spiro atoms. The number of nitrogens with one attached hydrogen (secondary N) is 1. The molecule has 2 aliphatic heterocycles. The van der Waals surface area contributed by atoms with Gasteiger partial charge < -0.3 is 29.0 Å². The molecule has 6 nitrogen and oxygen atoms in total. The van der Waals surface area contributed by atoms with Crippen LogP contribution in [0.1, 0.15) is 29.2 Å². The van der Waals surface area contributed by atoms with Gasteiger partial charge in [-0.3, -0.25) is 0 Å². The van der Waals surface area contributed by atoms with Crippen LogP contribution in [0.5, 0.6) is 23.0 Å². The molecule has 1 unspecified atom stereocenters. The lowest BCUT2D eigenvalue weighted by Crippen LogP contribution is -3.10. The van der Waals surface area contributed by atoms with E-state index in [0.29, 0.717) is 18.6 Å². The maximum Gasteiger partial charge on any atom is 0.231 e. The summed E-state index contributed by atoms with van der Waals surface area (Å²) in [5, 5.41) is 10.8. The lowest BCUT2D eigenvalue weighted by atomic mass is 9.87. The fourth-order valence-corrected chi connectivity index (χ4v) is 4.33. The molecular weight excluding hydrogens is 358 g/mol. The van der Waals surface area contributed by atoms with Crippen molar-refractivity contribution in [2.45, 2.75) is 31.4 Å². The second kappa shape index (κ2) is 7.89. The van der Waals surface area contributed by atoms with E-state index in [2.05, 4.69) is 13.1 Å². The molecular formula is C22H28NO5+. The first-order chi connectivity index (χ1) is 13.6. The van der Waals surface area contributed by atoms with E-state index in [1.165, 1.54) is 10.5 Å². The maximum absolute atomic E-state index is 10.8. The highest BCUT2D eigenvalue weighted by atomic mass is 16.7. The van der Waals surface area contributed by atoms with E-state index in [1.54, 1.807) is 14.2 Å². The number of rotatable bonds is 6. The Bertz CT molecular complexity index is 836.